The molecule has 3 aromatic rings. The zero-order chi connectivity index (χ0) is 23.8. The molecule has 12 heteroatoms. The molecule has 1 aliphatic heterocycles. The molecule has 0 saturated carbocycles. The van der Waals surface area contributed by atoms with Gasteiger partial charge in [-0.05, 0) is 37.1 Å². The zero-order valence-corrected chi connectivity index (χ0v) is 17.6. The average Bonchev–Trinajstić information content (AvgIpc) is 3.47. The van der Waals surface area contributed by atoms with E-state index in [0.717, 1.165) is 23.8 Å². The van der Waals surface area contributed by atoms with Gasteiger partial charge in [-0.3, -0.25) is 4.90 Å². The van der Waals surface area contributed by atoms with Gasteiger partial charge in [0.25, 0.3) is 0 Å². The second-order valence-electron chi connectivity index (χ2n) is 7.35. The van der Waals surface area contributed by atoms with E-state index in [0.29, 0.717) is 13.1 Å². The van der Waals surface area contributed by atoms with Gasteiger partial charge >= 0.3 is 18.1 Å². The number of anilines is 1. The molecule has 1 aliphatic rings. The number of hydrogen-bond acceptors (Lipinski definition) is 4. The smallest absolute Gasteiger partial charge is 0.413 e. The number of alkyl halides is 3. The summed E-state index contributed by atoms with van der Waals surface area (Å²) in [7, 11) is 0. The fourth-order valence-corrected chi connectivity index (χ4v) is 3.64. The molecule has 1 saturated heterocycles. The Balaban J connectivity index is 1.65. The molecule has 0 N–H and O–H groups in total. The van der Waals surface area contributed by atoms with Crippen molar-refractivity contribution in [2.75, 3.05) is 18.0 Å². The topological polar surface area (TPSA) is 62.5 Å². The number of nitrogens with zero attached hydrogens (tertiary/aromatic N) is 4. The predicted octanol–water partition coefficient (Wildman–Crippen LogP) is 5.91. The van der Waals surface area contributed by atoms with Crippen LogP contribution in [0.15, 0.2) is 40.8 Å². The van der Waals surface area contributed by atoms with Crippen molar-refractivity contribution in [2.45, 2.75) is 25.6 Å². The van der Waals surface area contributed by atoms with E-state index >= 15 is 0 Å². The Labute approximate surface area is 189 Å². The van der Waals surface area contributed by atoms with E-state index in [1.165, 1.54) is 35.2 Å². The van der Waals surface area contributed by atoms with Crippen molar-refractivity contribution in [2.24, 2.45) is 0 Å². The number of carbonyl (C=O) groups is 1. The van der Waals surface area contributed by atoms with E-state index in [-0.39, 0.29) is 28.4 Å². The molecular formula is C21H16ClF5N4O2. The summed E-state index contributed by atoms with van der Waals surface area (Å²) in [4.78, 5) is 15.7. The first-order valence-electron chi connectivity index (χ1n) is 9.85. The normalized spacial score (nSPS) is 14.1. The fraction of sp³-hybridized carbons (Fsp3) is 0.286. The maximum Gasteiger partial charge on any atom is 0.470 e. The van der Waals surface area contributed by atoms with Crippen LogP contribution in [0.2, 0.25) is 5.02 Å². The number of hydrogen-bond donors (Lipinski definition) is 0. The molecule has 1 aromatic heterocycles. The van der Waals surface area contributed by atoms with Crippen molar-refractivity contribution in [3.8, 4) is 11.5 Å². The zero-order valence-electron chi connectivity index (χ0n) is 16.9. The number of halogens is 6. The minimum absolute atomic E-state index is 0.00114. The van der Waals surface area contributed by atoms with Gasteiger partial charge in [-0.25, -0.2) is 13.6 Å². The van der Waals surface area contributed by atoms with E-state index in [1.807, 2.05) is 0 Å². The van der Waals surface area contributed by atoms with Crippen molar-refractivity contribution in [1.82, 2.24) is 15.1 Å². The minimum atomic E-state index is -4.83. The Bertz CT molecular complexity index is 1180. The third-order valence-corrected chi connectivity index (χ3v) is 5.42. The first-order valence-corrected chi connectivity index (χ1v) is 10.2. The van der Waals surface area contributed by atoms with E-state index < -0.39 is 35.6 Å². The van der Waals surface area contributed by atoms with Crippen molar-refractivity contribution in [3.05, 3.63) is 64.5 Å². The van der Waals surface area contributed by atoms with Crippen LogP contribution in [0.25, 0.3) is 11.5 Å². The van der Waals surface area contributed by atoms with Crippen LogP contribution in [-0.2, 0) is 12.7 Å². The Morgan fingerprint density at radius 1 is 1.12 bits per heavy atom. The molecule has 174 valence electrons. The number of aromatic nitrogens is 2. The number of carbonyl (C=O) groups excluding carboxylic acids is 1. The molecule has 33 heavy (non-hydrogen) atoms. The van der Waals surface area contributed by atoms with Crippen LogP contribution in [0.4, 0.5) is 32.4 Å². The average molecular weight is 487 g/mol. The van der Waals surface area contributed by atoms with Crippen LogP contribution >= 0.6 is 11.6 Å². The number of rotatable bonds is 4. The standard InChI is InChI=1S/C21H16ClF5N4O2/c22-14-4-3-5-16(17(14)24)31(20(32)30-8-1-2-9-30)11-13-7-6-12(10-15(13)23)18-28-29-19(33-18)21(25,26)27/h3-7,10H,1-2,8-9,11H2. The van der Waals surface area contributed by atoms with Gasteiger partial charge in [0.15, 0.2) is 5.82 Å². The molecule has 0 radical (unpaired) electrons. The molecule has 0 aliphatic carbocycles. The Kier molecular flexibility index (Phi) is 6.24. The van der Waals surface area contributed by atoms with Crippen LogP contribution in [0.1, 0.15) is 24.3 Å². The monoisotopic (exact) mass is 486 g/mol. The van der Waals surface area contributed by atoms with Gasteiger partial charge in [0.2, 0.25) is 5.89 Å². The predicted molar refractivity (Wildman–Crippen MR) is 108 cm³/mol. The van der Waals surface area contributed by atoms with Gasteiger partial charge in [0, 0.05) is 24.2 Å². The quantitative estimate of drug-likeness (QED) is 0.430. The minimum Gasteiger partial charge on any atom is -0.413 e. The summed E-state index contributed by atoms with van der Waals surface area (Å²) in [5, 5.41) is 6.01. The summed E-state index contributed by atoms with van der Waals surface area (Å²) >= 11 is 5.88. The van der Waals surface area contributed by atoms with Gasteiger partial charge in [0.05, 0.1) is 17.3 Å². The van der Waals surface area contributed by atoms with Crippen molar-refractivity contribution >= 4 is 23.3 Å². The van der Waals surface area contributed by atoms with Crippen LogP contribution < -0.4 is 4.90 Å². The molecule has 0 unspecified atom stereocenters. The summed E-state index contributed by atoms with van der Waals surface area (Å²) in [6.07, 6.45) is -3.24. The highest BCUT2D eigenvalue weighted by Gasteiger charge is 2.38. The third-order valence-electron chi connectivity index (χ3n) is 5.13. The van der Waals surface area contributed by atoms with Gasteiger partial charge in [-0.2, -0.15) is 13.2 Å². The molecule has 4 rings (SSSR count). The van der Waals surface area contributed by atoms with Crippen LogP contribution in [0.3, 0.4) is 0 Å². The molecule has 1 fully saturated rings. The van der Waals surface area contributed by atoms with E-state index in [1.54, 1.807) is 0 Å². The molecule has 2 amide bonds. The molecule has 6 nitrogen and oxygen atoms in total. The SMILES string of the molecule is O=C(N1CCCC1)N(Cc1ccc(-c2nnc(C(F)(F)F)o2)cc1F)c1cccc(Cl)c1F. The summed E-state index contributed by atoms with van der Waals surface area (Å²) in [5.74, 6) is -3.74. The second-order valence-corrected chi connectivity index (χ2v) is 7.76. The molecule has 0 bridgehead atoms. The lowest BCUT2D eigenvalue weighted by atomic mass is 10.1. The molecular weight excluding hydrogens is 471 g/mol. The number of amides is 2. The highest BCUT2D eigenvalue weighted by atomic mass is 35.5. The first kappa shape index (κ1) is 23.0. The highest BCUT2D eigenvalue weighted by molar-refractivity contribution is 6.31. The van der Waals surface area contributed by atoms with E-state index in [4.69, 9.17) is 11.6 Å². The van der Waals surface area contributed by atoms with Crippen LogP contribution in [0, 0.1) is 11.6 Å². The largest absolute Gasteiger partial charge is 0.470 e. The lowest BCUT2D eigenvalue weighted by molar-refractivity contribution is -0.156. The van der Waals surface area contributed by atoms with Crippen LogP contribution in [0.5, 0.6) is 0 Å². The lowest BCUT2D eigenvalue weighted by Crippen LogP contribution is -2.42. The molecule has 0 atom stereocenters. The number of benzene rings is 2. The van der Waals surface area contributed by atoms with Crippen molar-refractivity contribution < 1.29 is 31.2 Å². The van der Waals surface area contributed by atoms with Crippen molar-refractivity contribution in [1.29, 1.82) is 0 Å². The summed E-state index contributed by atoms with van der Waals surface area (Å²) in [6.45, 7) is 0.631. The lowest BCUT2D eigenvalue weighted by Gasteiger charge is -2.28. The van der Waals surface area contributed by atoms with Gasteiger partial charge in [-0.1, -0.05) is 23.7 Å². The summed E-state index contributed by atoms with van der Waals surface area (Å²) in [5.41, 5.74) is -0.193. The van der Waals surface area contributed by atoms with Gasteiger partial charge in [0.1, 0.15) is 5.82 Å². The Morgan fingerprint density at radius 3 is 2.48 bits per heavy atom. The summed E-state index contributed by atoms with van der Waals surface area (Å²) in [6, 6.07) is 7.10. The highest BCUT2D eigenvalue weighted by Crippen LogP contribution is 2.32. The second kappa shape index (κ2) is 8.97. The maximum absolute atomic E-state index is 14.9. The van der Waals surface area contributed by atoms with E-state index in [2.05, 4.69) is 14.6 Å². The van der Waals surface area contributed by atoms with Gasteiger partial charge < -0.3 is 9.32 Å². The maximum atomic E-state index is 14.9. The Hall–Kier alpha value is -3.21. The molecule has 0 spiro atoms. The number of urea groups is 1. The van der Waals surface area contributed by atoms with Crippen molar-refractivity contribution in [3.63, 3.8) is 0 Å². The fourth-order valence-electron chi connectivity index (χ4n) is 3.47. The first-order chi connectivity index (χ1) is 15.6. The van der Waals surface area contributed by atoms with Gasteiger partial charge in [-0.15, -0.1) is 10.2 Å². The number of likely N-dealkylation sites (tertiary alicyclic amines) is 1. The van der Waals surface area contributed by atoms with Crippen LogP contribution in [-0.4, -0.2) is 34.2 Å². The van der Waals surface area contributed by atoms with E-state index in [9.17, 15) is 26.7 Å². The Morgan fingerprint density at radius 2 is 1.85 bits per heavy atom. The molecule has 2 heterocycles. The summed E-state index contributed by atoms with van der Waals surface area (Å²) < 4.78 is 72.2. The molecule has 2 aromatic carbocycles. The third kappa shape index (κ3) is 4.77.